The van der Waals surface area contributed by atoms with E-state index in [9.17, 15) is 10.1 Å². The minimum Gasteiger partial charge on any atom is -0.315 e. The summed E-state index contributed by atoms with van der Waals surface area (Å²) in [6.45, 7) is 0.270. The smallest absolute Gasteiger partial charge is 0.238 e. The summed E-state index contributed by atoms with van der Waals surface area (Å²) in [4.78, 5) is 13.8. The van der Waals surface area contributed by atoms with E-state index in [4.69, 9.17) is 0 Å². The fourth-order valence-corrected chi connectivity index (χ4v) is 5.56. The van der Waals surface area contributed by atoms with Crippen LogP contribution in [0.4, 0.5) is 5.00 Å². The third kappa shape index (κ3) is 3.92. The van der Waals surface area contributed by atoms with Crippen LogP contribution in [-0.2, 0) is 24.1 Å². The molecule has 0 aliphatic heterocycles. The molecule has 1 amide bonds. The van der Waals surface area contributed by atoms with Crippen LogP contribution in [0.2, 0.25) is 0 Å². The van der Waals surface area contributed by atoms with Crippen LogP contribution in [0.5, 0.6) is 0 Å². The maximum atomic E-state index is 12.5. The van der Waals surface area contributed by atoms with Gasteiger partial charge in [0, 0.05) is 10.9 Å². The highest BCUT2D eigenvalue weighted by molar-refractivity contribution is 7.16. The van der Waals surface area contributed by atoms with Gasteiger partial charge >= 0.3 is 0 Å². The molecule has 2 N–H and O–H groups in total. The Balaban J connectivity index is 1.42. The molecule has 140 valence electrons. The second kappa shape index (κ2) is 8.24. The normalized spacial score (nSPS) is 18.7. The molecule has 0 bridgehead atoms. The third-order valence-electron chi connectivity index (χ3n) is 5.66. The van der Waals surface area contributed by atoms with Crippen molar-refractivity contribution in [2.24, 2.45) is 0 Å². The number of hydrogen-bond donors (Lipinski definition) is 2. The van der Waals surface area contributed by atoms with Gasteiger partial charge in [-0.1, -0.05) is 30.7 Å². The Bertz CT molecular complexity index is 880. The van der Waals surface area contributed by atoms with Gasteiger partial charge in [-0.25, -0.2) is 0 Å². The van der Waals surface area contributed by atoms with Crippen molar-refractivity contribution in [1.82, 2.24) is 5.32 Å². The summed E-state index contributed by atoms with van der Waals surface area (Å²) in [5.41, 5.74) is 4.56. The second-order valence-corrected chi connectivity index (χ2v) is 8.56. The van der Waals surface area contributed by atoms with Gasteiger partial charge in [0.25, 0.3) is 0 Å². The first-order chi connectivity index (χ1) is 13.3. The zero-order valence-electron chi connectivity index (χ0n) is 15.5. The van der Waals surface area contributed by atoms with E-state index in [-0.39, 0.29) is 18.5 Å². The Labute approximate surface area is 164 Å². The molecule has 4 rings (SSSR count). The molecule has 1 heterocycles. The van der Waals surface area contributed by atoms with Gasteiger partial charge in [0.05, 0.1) is 12.1 Å². The minimum atomic E-state index is -0.0639. The Morgan fingerprint density at radius 1 is 1.15 bits per heavy atom. The lowest BCUT2D eigenvalue weighted by Crippen LogP contribution is -2.33. The Hall–Kier alpha value is -2.16. The van der Waals surface area contributed by atoms with E-state index in [1.807, 2.05) is 0 Å². The van der Waals surface area contributed by atoms with E-state index in [0.717, 1.165) is 43.5 Å². The van der Waals surface area contributed by atoms with E-state index in [1.165, 1.54) is 34.4 Å². The van der Waals surface area contributed by atoms with Gasteiger partial charge in [-0.2, -0.15) is 5.26 Å². The maximum Gasteiger partial charge on any atom is 0.238 e. The molecule has 0 radical (unpaired) electrons. The maximum absolute atomic E-state index is 12.5. The molecule has 1 aromatic heterocycles. The average molecular weight is 380 g/mol. The predicted octanol–water partition coefficient (Wildman–Crippen LogP) is 4.49. The van der Waals surface area contributed by atoms with Crippen LogP contribution in [0.3, 0.4) is 0 Å². The van der Waals surface area contributed by atoms with Gasteiger partial charge in [0.2, 0.25) is 5.91 Å². The van der Waals surface area contributed by atoms with Crippen LogP contribution in [0, 0.1) is 11.3 Å². The van der Waals surface area contributed by atoms with E-state index < -0.39 is 0 Å². The SMILES string of the molecule is N#Cc1c(NC(=O)CN[C@H]2CCCc3ccccc32)sc2c1CCCCC2. The summed E-state index contributed by atoms with van der Waals surface area (Å²) < 4.78 is 0. The highest BCUT2D eigenvalue weighted by atomic mass is 32.1. The van der Waals surface area contributed by atoms with Crippen LogP contribution in [0.1, 0.15) is 65.3 Å². The van der Waals surface area contributed by atoms with Crippen LogP contribution in [-0.4, -0.2) is 12.5 Å². The van der Waals surface area contributed by atoms with Crippen LogP contribution in [0.25, 0.3) is 0 Å². The van der Waals surface area contributed by atoms with E-state index in [2.05, 4.69) is 41.0 Å². The predicted molar refractivity (Wildman–Crippen MR) is 109 cm³/mol. The van der Waals surface area contributed by atoms with Gasteiger partial charge < -0.3 is 10.6 Å². The van der Waals surface area contributed by atoms with Crippen molar-refractivity contribution in [1.29, 1.82) is 5.26 Å². The molecule has 2 aliphatic carbocycles. The molecular weight excluding hydrogens is 354 g/mol. The van der Waals surface area contributed by atoms with Gasteiger partial charge in [0.1, 0.15) is 11.1 Å². The molecule has 27 heavy (non-hydrogen) atoms. The number of hydrogen-bond acceptors (Lipinski definition) is 4. The van der Waals surface area contributed by atoms with Gasteiger partial charge in [-0.15, -0.1) is 11.3 Å². The Morgan fingerprint density at radius 3 is 2.89 bits per heavy atom. The summed E-state index contributed by atoms with van der Waals surface area (Å²) in [5, 5.41) is 16.8. The van der Waals surface area contributed by atoms with Crippen molar-refractivity contribution in [3.63, 3.8) is 0 Å². The number of nitrogens with one attached hydrogen (secondary N) is 2. The van der Waals surface area contributed by atoms with Crippen molar-refractivity contribution in [3.05, 3.63) is 51.4 Å². The van der Waals surface area contributed by atoms with E-state index >= 15 is 0 Å². The molecule has 5 heteroatoms. The number of amides is 1. The lowest BCUT2D eigenvalue weighted by molar-refractivity contribution is -0.115. The minimum absolute atomic E-state index is 0.0639. The number of fused-ring (bicyclic) bond motifs is 2. The zero-order valence-corrected chi connectivity index (χ0v) is 16.3. The largest absolute Gasteiger partial charge is 0.315 e. The molecule has 0 saturated carbocycles. The van der Waals surface area contributed by atoms with Gasteiger partial charge in [-0.05, 0) is 61.6 Å². The molecule has 0 spiro atoms. The first-order valence-corrected chi connectivity index (χ1v) is 10.7. The Morgan fingerprint density at radius 2 is 2.00 bits per heavy atom. The first-order valence-electron chi connectivity index (χ1n) is 9.92. The van der Waals surface area contributed by atoms with Crippen molar-refractivity contribution in [2.45, 2.75) is 57.4 Å². The zero-order chi connectivity index (χ0) is 18.6. The number of anilines is 1. The van der Waals surface area contributed by atoms with E-state index in [0.29, 0.717) is 5.56 Å². The topological polar surface area (TPSA) is 64.9 Å². The molecule has 0 unspecified atom stereocenters. The standard InChI is InChI=1S/C22H25N3OS/c23-13-18-17-10-2-1-3-12-20(17)27-22(18)25-21(26)14-24-19-11-6-8-15-7-4-5-9-16(15)19/h4-5,7,9,19,24H,1-3,6,8,10-12,14H2,(H,25,26)/t19-/m0/s1. The highest BCUT2D eigenvalue weighted by Gasteiger charge is 2.22. The van der Waals surface area contributed by atoms with E-state index in [1.54, 1.807) is 11.3 Å². The fourth-order valence-electron chi connectivity index (χ4n) is 4.30. The quantitative estimate of drug-likeness (QED) is 0.769. The van der Waals surface area contributed by atoms with Crippen molar-refractivity contribution in [2.75, 3.05) is 11.9 Å². The number of aryl methyl sites for hydroxylation is 2. The highest BCUT2D eigenvalue weighted by Crippen LogP contribution is 2.37. The molecule has 1 aromatic carbocycles. The summed E-state index contributed by atoms with van der Waals surface area (Å²) in [7, 11) is 0. The number of carbonyl (C=O) groups is 1. The average Bonchev–Trinajstić information content (AvgIpc) is 2.85. The molecule has 4 nitrogen and oxygen atoms in total. The molecule has 2 aromatic rings. The monoisotopic (exact) mass is 379 g/mol. The van der Waals surface area contributed by atoms with Crippen molar-refractivity contribution in [3.8, 4) is 6.07 Å². The summed E-state index contributed by atoms with van der Waals surface area (Å²) >= 11 is 1.60. The molecular formula is C22H25N3OS. The Kier molecular flexibility index (Phi) is 5.56. The van der Waals surface area contributed by atoms with Crippen LogP contribution < -0.4 is 10.6 Å². The lowest BCUT2D eigenvalue weighted by atomic mass is 9.88. The van der Waals surface area contributed by atoms with Crippen LogP contribution >= 0.6 is 11.3 Å². The second-order valence-electron chi connectivity index (χ2n) is 7.45. The fraction of sp³-hybridized carbons (Fsp3) is 0.455. The van der Waals surface area contributed by atoms with Crippen molar-refractivity contribution >= 4 is 22.2 Å². The molecule has 0 fully saturated rings. The molecule has 1 atom stereocenters. The van der Waals surface area contributed by atoms with Gasteiger partial charge in [-0.3, -0.25) is 4.79 Å². The number of rotatable bonds is 4. The first kappa shape index (κ1) is 18.2. The third-order valence-corrected chi connectivity index (χ3v) is 6.87. The summed E-state index contributed by atoms with van der Waals surface area (Å²) in [5.74, 6) is -0.0639. The number of thiophene rings is 1. The number of carbonyl (C=O) groups excluding carboxylic acids is 1. The van der Waals surface area contributed by atoms with Gasteiger partial charge in [0.15, 0.2) is 0 Å². The summed E-state index contributed by atoms with van der Waals surface area (Å²) in [6.07, 6.45) is 8.84. The lowest BCUT2D eigenvalue weighted by Gasteiger charge is -2.26. The number of nitriles is 1. The molecule has 0 saturated heterocycles. The number of benzene rings is 1. The number of nitrogens with zero attached hydrogens (tertiary/aromatic N) is 1. The van der Waals surface area contributed by atoms with Crippen molar-refractivity contribution < 1.29 is 4.79 Å². The summed E-state index contributed by atoms with van der Waals surface area (Å²) in [6, 6.07) is 11.1. The van der Waals surface area contributed by atoms with Crippen LogP contribution in [0.15, 0.2) is 24.3 Å². The molecule has 2 aliphatic rings.